The highest BCUT2D eigenvalue weighted by molar-refractivity contribution is 5.66. The molecule has 1 aromatic carbocycles. The zero-order valence-corrected chi connectivity index (χ0v) is 13.1. The smallest absolute Gasteiger partial charge is 0.274 e. The van der Waals surface area contributed by atoms with Gasteiger partial charge in [0.15, 0.2) is 0 Å². The Morgan fingerprint density at radius 3 is 2.82 bits per heavy atom. The Bertz CT molecular complexity index is 743. The van der Waals surface area contributed by atoms with Crippen molar-refractivity contribution in [1.29, 1.82) is 0 Å². The molecular weight excluding hydrogens is 276 g/mol. The molecule has 1 aliphatic heterocycles. The molecule has 116 valence electrons. The van der Waals surface area contributed by atoms with E-state index in [0.29, 0.717) is 6.54 Å². The second kappa shape index (κ2) is 5.97. The van der Waals surface area contributed by atoms with Gasteiger partial charge < -0.3 is 15.0 Å². The molecule has 1 aliphatic rings. The lowest BCUT2D eigenvalue weighted by molar-refractivity contribution is 0.0966. The molecule has 3 rings (SSSR count). The molecule has 1 aromatic heterocycles. The van der Waals surface area contributed by atoms with E-state index in [1.54, 1.807) is 10.6 Å². The molecular formula is C18H22N2O2. The maximum atomic E-state index is 12.5. The van der Waals surface area contributed by atoms with Crippen molar-refractivity contribution in [1.82, 2.24) is 4.57 Å². The summed E-state index contributed by atoms with van der Waals surface area (Å²) in [6, 6.07) is 9.92. The van der Waals surface area contributed by atoms with Gasteiger partial charge in [-0.05, 0) is 50.5 Å². The molecule has 2 aromatic rings. The van der Waals surface area contributed by atoms with Crippen LogP contribution in [0.2, 0.25) is 0 Å². The molecule has 2 heterocycles. The minimum atomic E-state index is -0.131. The highest BCUT2D eigenvalue weighted by Crippen LogP contribution is 2.25. The van der Waals surface area contributed by atoms with Gasteiger partial charge in [0.05, 0.1) is 24.0 Å². The Labute approximate surface area is 130 Å². The van der Waals surface area contributed by atoms with Gasteiger partial charge in [0.1, 0.15) is 0 Å². The number of hydrogen-bond acceptors (Lipinski definition) is 3. The maximum Gasteiger partial charge on any atom is 0.274 e. The van der Waals surface area contributed by atoms with Crippen molar-refractivity contribution in [3.8, 4) is 11.3 Å². The quantitative estimate of drug-likeness (QED) is 0.948. The van der Waals surface area contributed by atoms with E-state index in [2.05, 4.69) is 32.0 Å². The zero-order chi connectivity index (χ0) is 15.7. The summed E-state index contributed by atoms with van der Waals surface area (Å²) >= 11 is 0. The van der Waals surface area contributed by atoms with Crippen LogP contribution in [0.15, 0.2) is 35.1 Å². The lowest BCUT2D eigenvalue weighted by Gasteiger charge is -2.18. The van der Waals surface area contributed by atoms with E-state index in [9.17, 15) is 4.79 Å². The molecule has 4 nitrogen and oxygen atoms in total. The van der Waals surface area contributed by atoms with Crippen molar-refractivity contribution in [2.45, 2.75) is 39.3 Å². The summed E-state index contributed by atoms with van der Waals surface area (Å²) in [6.45, 7) is 5.46. The fourth-order valence-corrected chi connectivity index (χ4v) is 3.02. The highest BCUT2D eigenvalue weighted by atomic mass is 16.5. The molecule has 0 radical (unpaired) electrons. The number of nitrogen functional groups attached to an aromatic ring is 1. The van der Waals surface area contributed by atoms with E-state index < -0.39 is 0 Å². The fraction of sp³-hybridized carbons (Fsp3) is 0.389. The third kappa shape index (κ3) is 2.79. The number of nitrogens with two attached hydrogens (primary N) is 1. The molecule has 2 N–H and O–H groups in total. The average Bonchev–Trinajstić information content (AvgIpc) is 3.00. The first-order valence-electron chi connectivity index (χ1n) is 7.75. The minimum absolute atomic E-state index is 0.100. The van der Waals surface area contributed by atoms with Gasteiger partial charge in [-0.2, -0.15) is 0 Å². The minimum Gasteiger partial charge on any atom is -0.394 e. The first-order chi connectivity index (χ1) is 10.6. The molecule has 0 amide bonds. The Hall–Kier alpha value is -2.07. The predicted octanol–water partition coefficient (Wildman–Crippen LogP) is 2.89. The predicted molar refractivity (Wildman–Crippen MR) is 89.0 cm³/mol. The average molecular weight is 298 g/mol. The van der Waals surface area contributed by atoms with Crippen molar-refractivity contribution >= 4 is 5.69 Å². The van der Waals surface area contributed by atoms with Crippen molar-refractivity contribution < 1.29 is 4.74 Å². The number of aryl methyl sites for hydroxylation is 2. The fourth-order valence-electron chi connectivity index (χ4n) is 3.02. The Balaban J connectivity index is 2.12. The normalized spacial score (nSPS) is 17.8. The summed E-state index contributed by atoms with van der Waals surface area (Å²) < 4.78 is 7.47. The van der Waals surface area contributed by atoms with Crippen LogP contribution in [-0.4, -0.2) is 17.3 Å². The third-order valence-corrected chi connectivity index (χ3v) is 4.28. The number of benzene rings is 1. The molecule has 0 saturated carbocycles. The van der Waals surface area contributed by atoms with E-state index in [1.807, 2.05) is 6.07 Å². The molecule has 0 spiro atoms. The van der Waals surface area contributed by atoms with E-state index in [-0.39, 0.29) is 17.4 Å². The summed E-state index contributed by atoms with van der Waals surface area (Å²) in [5.74, 6) is 0. The maximum absolute atomic E-state index is 12.5. The van der Waals surface area contributed by atoms with Crippen molar-refractivity contribution in [3.05, 3.63) is 51.8 Å². The number of ether oxygens (including phenoxy) is 1. The first-order valence-corrected chi connectivity index (χ1v) is 7.75. The third-order valence-electron chi connectivity index (χ3n) is 4.28. The van der Waals surface area contributed by atoms with Crippen LogP contribution in [0.1, 0.15) is 24.0 Å². The lowest BCUT2D eigenvalue weighted by atomic mass is 10.0. The molecule has 1 fully saturated rings. The van der Waals surface area contributed by atoms with Gasteiger partial charge in [0.2, 0.25) is 0 Å². The van der Waals surface area contributed by atoms with Gasteiger partial charge in [-0.25, -0.2) is 0 Å². The number of pyridine rings is 1. The Morgan fingerprint density at radius 1 is 1.27 bits per heavy atom. The molecule has 0 aliphatic carbocycles. The number of hydrogen-bond donors (Lipinski definition) is 1. The largest absolute Gasteiger partial charge is 0.394 e. The van der Waals surface area contributed by atoms with Crippen molar-refractivity contribution in [2.24, 2.45) is 0 Å². The molecule has 4 heteroatoms. The highest BCUT2D eigenvalue weighted by Gasteiger charge is 2.19. The van der Waals surface area contributed by atoms with Gasteiger partial charge in [-0.3, -0.25) is 4.79 Å². The van der Waals surface area contributed by atoms with E-state index in [4.69, 9.17) is 10.5 Å². The van der Waals surface area contributed by atoms with Crippen molar-refractivity contribution in [3.63, 3.8) is 0 Å². The van der Waals surface area contributed by atoms with Gasteiger partial charge in [0, 0.05) is 12.2 Å². The van der Waals surface area contributed by atoms with Crippen LogP contribution in [0, 0.1) is 13.8 Å². The Kier molecular flexibility index (Phi) is 4.03. The zero-order valence-electron chi connectivity index (χ0n) is 13.1. The summed E-state index contributed by atoms with van der Waals surface area (Å²) in [7, 11) is 0. The lowest BCUT2D eigenvalue weighted by Crippen LogP contribution is -2.29. The summed E-state index contributed by atoms with van der Waals surface area (Å²) in [4.78, 5) is 12.5. The van der Waals surface area contributed by atoms with Crippen LogP contribution < -0.4 is 11.3 Å². The first kappa shape index (κ1) is 14.9. The Morgan fingerprint density at radius 2 is 2.09 bits per heavy atom. The van der Waals surface area contributed by atoms with E-state index >= 15 is 0 Å². The van der Waals surface area contributed by atoms with Gasteiger partial charge in [0.25, 0.3) is 5.56 Å². The SMILES string of the molecule is Cc1ccc(C)c(-c2ccc(N)c(=O)n2CC2CCCO2)c1. The number of nitrogens with zero attached hydrogens (tertiary/aromatic N) is 1. The van der Waals surface area contributed by atoms with Crippen LogP contribution in [-0.2, 0) is 11.3 Å². The second-order valence-corrected chi connectivity index (χ2v) is 6.04. The second-order valence-electron chi connectivity index (χ2n) is 6.04. The van der Waals surface area contributed by atoms with Gasteiger partial charge >= 0.3 is 0 Å². The molecule has 1 atom stereocenters. The topological polar surface area (TPSA) is 57.2 Å². The van der Waals surface area contributed by atoms with Crippen LogP contribution in [0.4, 0.5) is 5.69 Å². The van der Waals surface area contributed by atoms with Crippen LogP contribution in [0.3, 0.4) is 0 Å². The van der Waals surface area contributed by atoms with Crippen molar-refractivity contribution in [2.75, 3.05) is 12.3 Å². The number of rotatable bonds is 3. The van der Waals surface area contributed by atoms with Gasteiger partial charge in [-0.1, -0.05) is 17.7 Å². The van der Waals surface area contributed by atoms with Gasteiger partial charge in [-0.15, -0.1) is 0 Å². The molecule has 0 bridgehead atoms. The summed E-state index contributed by atoms with van der Waals surface area (Å²) in [5.41, 5.74) is 10.3. The summed E-state index contributed by atoms with van der Waals surface area (Å²) in [6.07, 6.45) is 2.15. The summed E-state index contributed by atoms with van der Waals surface area (Å²) in [5, 5.41) is 0. The monoisotopic (exact) mass is 298 g/mol. The van der Waals surface area contributed by atoms with Crippen LogP contribution in [0.5, 0.6) is 0 Å². The number of anilines is 1. The van der Waals surface area contributed by atoms with Crippen LogP contribution >= 0.6 is 0 Å². The van der Waals surface area contributed by atoms with E-state index in [0.717, 1.165) is 36.3 Å². The van der Waals surface area contributed by atoms with E-state index in [1.165, 1.54) is 5.56 Å². The standard InChI is InChI=1S/C18H22N2O2/c1-12-5-6-13(2)15(10-12)17-8-7-16(19)18(21)20(17)11-14-4-3-9-22-14/h5-8,10,14H,3-4,9,11,19H2,1-2H3. The molecule has 1 unspecified atom stereocenters. The number of aromatic nitrogens is 1. The molecule has 1 saturated heterocycles. The molecule has 22 heavy (non-hydrogen) atoms. The van der Waals surface area contributed by atoms with Crippen LogP contribution in [0.25, 0.3) is 11.3 Å².